The van der Waals surface area contributed by atoms with E-state index in [0.29, 0.717) is 23.7 Å². The van der Waals surface area contributed by atoms with Gasteiger partial charge in [-0.25, -0.2) is 9.78 Å². The molecule has 7 nitrogen and oxygen atoms in total. The molecule has 0 fully saturated rings. The minimum absolute atomic E-state index is 0.377. The SMILES string of the molecule is CN(C)c1ccc(-c2cnc(N)c3c(-c4ccc(N(C(N)=O)c5cccc(CN)c5)cc4)csc23)cc1. The van der Waals surface area contributed by atoms with Crippen LogP contribution in [0.15, 0.2) is 84.4 Å². The van der Waals surface area contributed by atoms with Crippen molar-refractivity contribution in [3.63, 3.8) is 0 Å². The minimum atomic E-state index is -0.568. The number of urea groups is 1. The predicted octanol–water partition coefficient (Wildman–Crippen LogP) is 5.95. The van der Waals surface area contributed by atoms with Gasteiger partial charge in [0.15, 0.2) is 0 Å². The van der Waals surface area contributed by atoms with Crippen molar-refractivity contribution in [2.45, 2.75) is 6.54 Å². The summed E-state index contributed by atoms with van der Waals surface area (Å²) in [4.78, 5) is 20.4. The number of pyridine rings is 1. The minimum Gasteiger partial charge on any atom is -0.383 e. The number of aromatic nitrogens is 1. The van der Waals surface area contributed by atoms with Crippen molar-refractivity contribution in [2.24, 2.45) is 11.5 Å². The number of hydrogen-bond donors (Lipinski definition) is 3. The summed E-state index contributed by atoms with van der Waals surface area (Å²) in [6.45, 7) is 0.377. The van der Waals surface area contributed by atoms with E-state index in [2.05, 4.69) is 39.5 Å². The standard InChI is InChI=1S/C29H28N6OS/c1-34(2)21-10-6-19(7-11-21)24-16-33-28(31)26-25(17-37-27(24)26)20-8-12-22(13-9-20)35(29(32)36)23-5-3-4-18(14-23)15-30/h3-14,16-17H,15,30H2,1-2H3,(H2,31,33)(H2,32,36). The summed E-state index contributed by atoms with van der Waals surface area (Å²) in [7, 11) is 4.05. The Labute approximate surface area is 219 Å². The zero-order chi connectivity index (χ0) is 26.1. The topological polar surface area (TPSA) is 115 Å². The third-order valence-corrected chi connectivity index (χ3v) is 7.39. The number of amides is 2. The van der Waals surface area contributed by atoms with Crippen LogP contribution in [-0.4, -0.2) is 25.1 Å². The van der Waals surface area contributed by atoms with E-state index in [9.17, 15) is 4.79 Å². The van der Waals surface area contributed by atoms with Crippen molar-refractivity contribution in [3.05, 3.63) is 89.9 Å². The van der Waals surface area contributed by atoms with E-state index in [1.54, 1.807) is 11.3 Å². The molecule has 2 heterocycles. The Kier molecular flexibility index (Phi) is 6.52. The molecule has 0 aliphatic carbocycles. The van der Waals surface area contributed by atoms with Crippen LogP contribution in [0.4, 0.5) is 27.7 Å². The highest BCUT2D eigenvalue weighted by Gasteiger charge is 2.18. The maximum absolute atomic E-state index is 12.4. The van der Waals surface area contributed by atoms with E-state index in [-0.39, 0.29) is 0 Å². The lowest BCUT2D eigenvalue weighted by Gasteiger charge is -2.21. The maximum atomic E-state index is 12.4. The summed E-state index contributed by atoms with van der Waals surface area (Å²) in [5.41, 5.74) is 25.4. The van der Waals surface area contributed by atoms with Gasteiger partial charge in [-0.3, -0.25) is 4.90 Å². The first-order chi connectivity index (χ1) is 17.9. The van der Waals surface area contributed by atoms with Gasteiger partial charge in [0.1, 0.15) is 5.82 Å². The van der Waals surface area contributed by atoms with Crippen LogP contribution in [0.5, 0.6) is 0 Å². The van der Waals surface area contributed by atoms with E-state index in [1.807, 2.05) is 68.8 Å². The number of nitrogens with zero attached hydrogens (tertiary/aromatic N) is 3. The van der Waals surface area contributed by atoms with Crippen molar-refractivity contribution < 1.29 is 4.79 Å². The van der Waals surface area contributed by atoms with E-state index < -0.39 is 6.03 Å². The van der Waals surface area contributed by atoms with Crippen LogP contribution in [0.25, 0.3) is 32.3 Å². The fourth-order valence-electron chi connectivity index (χ4n) is 4.44. The number of rotatable bonds is 6. The third kappa shape index (κ3) is 4.60. The predicted molar refractivity (Wildman–Crippen MR) is 155 cm³/mol. The lowest BCUT2D eigenvalue weighted by atomic mass is 10.0. The molecular weight excluding hydrogens is 480 g/mol. The lowest BCUT2D eigenvalue weighted by molar-refractivity contribution is 0.256. The number of thiophene rings is 1. The van der Waals surface area contributed by atoms with Crippen molar-refractivity contribution in [3.8, 4) is 22.3 Å². The van der Waals surface area contributed by atoms with E-state index in [0.717, 1.165) is 43.6 Å². The largest absolute Gasteiger partial charge is 0.383 e. The zero-order valence-corrected chi connectivity index (χ0v) is 21.5. The summed E-state index contributed by atoms with van der Waals surface area (Å²) < 4.78 is 1.08. The van der Waals surface area contributed by atoms with Crippen molar-refractivity contribution in [2.75, 3.05) is 29.6 Å². The molecule has 0 unspecified atom stereocenters. The number of hydrogen-bond acceptors (Lipinski definition) is 6. The molecule has 0 aliphatic heterocycles. The average Bonchev–Trinajstić information content (AvgIpc) is 3.36. The first-order valence-electron chi connectivity index (χ1n) is 11.8. The molecular formula is C29H28N6OS. The molecule has 6 N–H and O–H groups in total. The van der Waals surface area contributed by atoms with Crippen molar-refractivity contribution in [1.29, 1.82) is 0 Å². The molecule has 37 heavy (non-hydrogen) atoms. The Hall–Kier alpha value is -4.40. The molecule has 0 saturated carbocycles. The number of primary amides is 1. The third-order valence-electron chi connectivity index (χ3n) is 6.38. The molecule has 0 saturated heterocycles. The van der Waals surface area contributed by atoms with Gasteiger partial charge in [0.2, 0.25) is 0 Å². The maximum Gasteiger partial charge on any atom is 0.323 e. The Morgan fingerprint density at radius 3 is 2.16 bits per heavy atom. The summed E-state index contributed by atoms with van der Waals surface area (Å²) in [6, 6.07) is 23.0. The van der Waals surface area contributed by atoms with E-state index in [4.69, 9.17) is 17.2 Å². The van der Waals surface area contributed by atoms with Gasteiger partial charge < -0.3 is 22.1 Å². The highest BCUT2D eigenvalue weighted by atomic mass is 32.1. The number of fused-ring (bicyclic) bond motifs is 1. The highest BCUT2D eigenvalue weighted by Crippen LogP contribution is 2.42. The Morgan fingerprint density at radius 1 is 0.892 bits per heavy atom. The molecule has 2 aromatic heterocycles. The number of nitrogens with two attached hydrogens (primary N) is 3. The number of carbonyl (C=O) groups is 1. The fourth-order valence-corrected chi connectivity index (χ4v) is 5.56. The van der Waals surface area contributed by atoms with Gasteiger partial charge >= 0.3 is 6.03 Å². The van der Waals surface area contributed by atoms with Crippen molar-refractivity contribution in [1.82, 2.24) is 4.98 Å². The second-order valence-corrected chi connectivity index (χ2v) is 9.83. The monoisotopic (exact) mass is 508 g/mol. The number of benzene rings is 3. The van der Waals surface area contributed by atoms with Crippen LogP contribution in [0, 0.1) is 0 Å². The normalized spacial score (nSPS) is 11.0. The molecule has 8 heteroatoms. The van der Waals surface area contributed by atoms with Gasteiger partial charge in [0, 0.05) is 53.7 Å². The van der Waals surface area contributed by atoms with Gasteiger partial charge in [0.05, 0.1) is 11.4 Å². The molecule has 186 valence electrons. The van der Waals surface area contributed by atoms with Gasteiger partial charge in [-0.2, -0.15) is 0 Å². The van der Waals surface area contributed by atoms with Crippen LogP contribution < -0.4 is 27.0 Å². The molecule has 0 bridgehead atoms. The van der Waals surface area contributed by atoms with E-state index >= 15 is 0 Å². The lowest BCUT2D eigenvalue weighted by Crippen LogP contribution is -2.31. The van der Waals surface area contributed by atoms with Gasteiger partial charge in [-0.05, 0) is 58.5 Å². The first-order valence-corrected chi connectivity index (χ1v) is 12.7. The molecule has 0 radical (unpaired) electrons. The molecule has 0 atom stereocenters. The van der Waals surface area contributed by atoms with Crippen LogP contribution in [-0.2, 0) is 6.54 Å². The smallest absolute Gasteiger partial charge is 0.323 e. The second-order valence-electron chi connectivity index (χ2n) is 8.95. The molecule has 2 amide bonds. The first kappa shape index (κ1) is 24.3. The zero-order valence-electron chi connectivity index (χ0n) is 20.7. The van der Waals surface area contributed by atoms with Crippen LogP contribution in [0.3, 0.4) is 0 Å². The number of nitrogen functional groups attached to an aromatic ring is 1. The Morgan fingerprint density at radius 2 is 1.54 bits per heavy atom. The fraction of sp³-hybridized carbons (Fsp3) is 0.103. The Bertz CT molecular complexity index is 1580. The van der Waals surface area contributed by atoms with E-state index in [1.165, 1.54) is 4.90 Å². The molecule has 5 rings (SSSR count). The van der Waals surface area contributed by atoms with Crippen LogP contribution in [0.1, 0.15) is 5.56 Å². The average molecular weight is 509 g/mol. The number of carbonyl (C=O) groups excluding carboxylic acids is 1. The molecule has 0 spiro atoms. The molecule has 0 aliphatic rings. The second kappa shape index (κ2) is 9.93. The summed E-state index contributed by atoms with van der Waals surface area (Å²) >= 11 is 1.64. The van der Waals surface area contributed by atoms with Crippen molar-refractivity contribution >= 4 is 50.3 Å². The molecule has 5 aromatic rings. The van der Waals surface area contributed by atoms with Gasteiger partial charge in [-0.1, -0.05) is 36.4 Å². The quantitative estimate of drug-likeness (QED) is 0.262. The Balaban J connectivity index is 1.53. The van der Waals surface area contributed by atoms with Crippen LogP contribution >= 0.6 is 11.3 Å². The summed E-state index contributed by atoms with van der Waals surface area (Å²) in [5.74, 6) is 0.487. The summed E-state index contributed by atoms with van der Waals surface area (Å²) in [6.07, 6.45) is 1.84. The van der Waals surface area contributed by atoms with Gasteiger partial charge in [-0.15, -0.1) is 11.3 Å². The number of anilines is 4. The van der Waals surface area contributed by atoms with Crippen LogP contribution in [0.2, 0.25) is 0 Å². The highest BCUT2D eigenvalue weighted by molar-refractivity contribution is 7.18. The molecule has 3 aromatic carbocycles. The summed E-state index contributed by atoms with van der Waals surface area (Å²) in [5, 5.41) is 3.03. The van der Waals surface area contributed by atoms with Gasteiger partial charge in [0.25, 0.3) is 0 Å².